The number of likely N-dealkylation sites (N-methyl/N-ethyl adjacent to an activating group) is 1. The summed E-state index contributed by atoms with van der Waals surface area (Å²) in [7, 11) is 3.74. The predicted molar refractivity (Wildman–Crippen MR) is 103 cm³/mol. The fourth-order valence-electron chi connectivity index (χ4n) is 4.07. The number of amides is 1. The van der Waals surface area contributed by atoms with Gasteiger partial charge in [-0.1, -0.05) is 6.58 Å². The smallest absolute Gasteiger partial charge is 0.245 e. The summed E-state index contributed by atoms with van der Waals surface area (Å²) in [5, 5.41) is 8.69. The minimum absolute atomic E-state index is 0.0201. The summed E-state index contributed by atoms with van der Waals surface area (Å²) in [5.74, 6) is 0.835. The zero-order valence-corrected chi connectivity index (χ0v) is 15.7. The van der Waals surface area contributed by atoms with Crippen molar-refractivity contribution in [1.82, 2.24) is 29.3 Å². The van der Waals surface area contributed by atoms with Gasteiger partial charge in [0.2, 0.25) is 5.91 Å². The molecular weight excluding hydrogens is 340 g/mol. The Bertz CT molecular complexity index is 987. The number of hydrogen-bond donors (Lipinski definition) is 0. The average molecular weight is 364 g/mol. The van der Waals surface area contributed by atoms with Gasteiger partial charge in [-0.2, -0.15) is 10.2 Å². The molecule has 0 saturated heterocycles. The molecule has 7 nitrogen and oxygen atoms in total. The second-order valence-electron chi connectivity index (χ2n) is 7.37. The molecule has 3 aromatic heterocycles. The Hall–Kier alpha value is -2.96. The van der Waals surface area contributed by atoms with Crippen molar-refractivity contribution >= 4 is 11.4 Å². The van der Waals surface area contributed by atoms with Crippen LogP contribution in [0.25, 0.3) is 16.8 Å². The second-order valence-corrected chi connectivity index (χ2v) is 7.37. The number of hydrogen-bond acceptors (Lipinski definition) is 4. The van der Waals surface area contributed by atoms with Gasteiger partial charge in [0.05, 0.1) is 35.5 Å². The van der Waals surface area contributed by atoms with Crippen LogP contribution in [0.4, 0.5) is 0 Å². The van der Waals surface area contributed by atoms with Crippen LogP contribution < -0.4 is 0 Å². The number of aromatic nitrogens is 5. The van der Waals surface area contributed by atoms with E-state index < -0.39 is 0 Å². The first-order valence-corrected chi connectivity index (χ1v) is 9.26. The Labute approximate surface area is 158 Å². The Morgan fingerprint density at radius 1 is 1.37 bits per heavy atom. The van der Waals surface area contributed by atoms with Crippen molar-refractivity contribution in [2.75, 3.05) is 13.6 Å². The molecule has 0 radical (unpaired) electrons. The van der Waals surface area contributed by atoms with Gasteiger partial charge >= 0.3 is 0 Å². The molecule has 4 rings (SSSR count). The van der Waals surface area contributed by atoms with E-state index in [2.05, 4.69) is 16.8 Å². The molecule has 0 unspecified atom stereocenters. The van der Waals surface area contributed by atoms with Gasteiger partial charge in [-0.3, -0.25) is 9.48 Å². The zero-order valence-electron chi connectivity index (χ0n) is 15.7. The summed E-state index contributed by atoms with van der Waals surface area (Å²) in [5.41, 5.74) is 4.02. The highest BCUT2D eigenvalue weighted by Gasteiger charge is 2.30. The minimum Gasteiger partial charge on any atom is -0.342 e. The SMILES string of the molecule is C=CC(=O)N(C)C[C@@H]1CC[C@@H](c2nc(-c3cnn(C)c3)cn3nccc23)C1. The van der Waals surface area contributed by atoms with Crippen molar-refractivity contribution in [2.24, 2.45) is 13.0 Å². The number of nitrogens with zero attached hydrogens (tertiary/aromatic N) is 6. The van der Waals surface area contributed by atoms with E-state index >= 15 is 0 Å². The van der Waals surface area contributed by atoms with Gasteiger partial charge < -0.3 is 4.90 Å². The molecule has 7 heteroatoms. The quantitative estimate of drug-likeness (QED) is 0.653. The third-order valence-corrected chi connectivity index (χ3v) is 5.43. The zero-order chi connectivity index (χ0) is 19.0. The fourth-order valence-corrected chi connectivity index (χ4v) is 4.07. The summed E-state index contributed by atoms with van der Waals surface area (Å²) in [6.07, 6.45) is 12.1. The maximum absolute atomic E-state index is 11.8. The number of rotatable bonds is 5. The van der Waals surface area contributed by atoms with Crippen molar-refractivity contribution < 1.29 is 4.79 Å². The van der Waals surface area contributed by atoms with Gasteiger partial charge in [0, 0.05) is 38.3 Å². The van der Waals surface area contributed by atoms with Gasteiger partial charge in [0.1, 0.15) is 0 Å². The van der Waals surface area contributed by atoms with E-state index in [1.807, 2.05) is 49.5 Å². The van der Waals surface area contributed by atoms with Crippen molar-refractivity contribution in [3.05, 3.63) is 49.2 Å². The van der Waals surface area contributed by atoms with Crippen LogP contribution in [0.5, 0.6) is 0 Å². The van der Waals surface area contributed by atoms with Crippen LogP contribution in [0, 0.1) is 5.92 Å². The highest BCUT2D eigenvalue weighted by atomic mass is 16.2. The molecule has 3 heterocycles. The lowest BCUT2D eigenvalue weighted by Crippen LogP contribution is -2.29. The lowest BCUT2D eigenvalue weighted by atomic mass is 10.00. The molecule has 1 aliphatic carbocycles. The van der Waals surface area contributed by atoms with Gasteiger partial charge in [-0.25, -0.2) is 9.50 Å². The Morgan fingerprint density at radius 3 is 2.96 bits per heavy atom. The number of carbonyl (C=O) groups excluding carboxylic acids is 1. The van der Waals surface area contributed by atoms with Crippen molar-refractivity contribution in [3.63, 3.8) is 0 Å². The molecule has 1 saturated carbocycles. The second kappa shape index (κ2) is 6.98. The summed E-state index contributed by atoms with van der Waals surface area (Å²) >= 11 is 0. The summed E-state index contributed by atoms with van der Waals surface area (Å²) in [6, 6.07) is 2.02. The molecule has 2 atom stereocenters. The first kappa shape index (κ1) is 17.5. The van der Waals surface area contributed by atoms with E-state index in [-0.39, 0.29) is 5.91 Å². The molecule has 1 fully saturated rings. The summed E-state index contributed by atoms with van der Waals surface area (Å²) < 4.78 is 3.69. The van der Waals surface area contributed by atoms with E-state index in [9.17, 15) is 4.79 Å². The van der Waals surface area contributed by atoms with Crippen LogP contribution in [0.2, 0.25) is 0 Å². The van der Waals surface area contributed by atoms with Crippen molar-refractivity contribution in [3.8, 4) is 11.3 Å². The fraction of sp³-hybridized carbons (Fsp3) is 0.400. The maximum Gasteiger partial charge on any atom is 0.245 e. The molecule has 27 heavy (non-hydrogen) atoms. The van der Waals surface area contributed by atoms with Crippen LogP contribution >= 0.6 is 0 Å². The Kier molecular flexibility index (Phi) is 4.51. The van der Waals surface area contributed by atoms with Crippen LogP contribution in [0.1, 0.15) is 30.9 Å². The summed E-state index contributed by atoms with van der Waals surface area (Å²) in [4.78, 5) is 18.5. The minimum atomic E-state index is -0.0201. The van der Waals surface area contributed by atoms with Crippen molar-refractivity contribution in [1.29, 1.82) is 0 Å². The van der Waals surface area contributed by atoms with Gasteiger partial charge in [-0.15, -0.1) is 0 Å². The van der Waals surface area contributed by atoms with Crippen LogP contribution in [-0.4, -0.2) is 48.8 Å². The molecule has 1 amide bonds. The van der Waals surface area contributed by atoms with Crippen LogP contribution in [0.3, 0.4) is 0 Å². The lowest BCUT2D eigenvalue weighted by Gasteiger charge is -2.20. The first-order chi connectivity index (χ1) is 13.0. The average Bonchev–Trinajstić information content (AvgIpc) is 3.40. The van der Waals surface area contributed by atoms with Crippen LogP contribution in [0.15, 0.2) is 43.5 Å². The van der Waals surface area contributed by atoms with Gasteiger partial charge in [0.15, 0.2) is 0 Å². The summed E-state index contributed by atoms with van der Waals surface area (Å²) in [6.45, 7) is 4.33. The maximum atomic E-state index is 11.8. The molecule has 0 aromatic carbocycles. The number of carbonyl (C=O) groups is 1. The third-order valence-electron chi connectivity index (χ3n) is 5.43. The van der Waals surface area contributed by atoms with Gasteiger partial charge in [0.25, 0.3) is 0 Å². The highest BCUT2D eigenvalue weighted by molar-refractivity contribution is 5.86. The van der Waals surface area contributed by atoms with Gasteiger partial charge in [-0.05, 0) is 37.3 Å². The topological polar surface area (TPSA) is 68.3 Å². The first-order valence-electron chi connectivity index (χ1n) is 9.26. The molecular formula is C20H24N6O. The van der Waals surface area contributed by atoms with E-state index in [0.29, 0.717) is 11.8 Å². The highest BCUT2D eigenvalue weighted by Crippen LogP contribution is 2.40. The van der Waals surface area contributed by atoms with E-state index in [0.717, 1.165) is 48.3 Å². The van der Waals surface area contributed by atoms with E-state index in [4.69, 9.17) is 4.98 Å². The van der Waals surface area contributed by atoms with E-state index in [1.165, 1.54) is 6.08 Å². The van der Waals surface area contributed by atoms with Crippen LogP contribution in [-0.2, 0) is 11.8 Å². The Balaban J connectivity index is 1.61. The molecule has 3 aromatic rings. The molecule has 0 aliphatic heterocycles. The molecule has 0 bridgehead atoms. The molecule has 0 N–H and O–H groups in total. The van der Waals surface area contributed by atoms with Crippen molar-refractivity contribution in [2.45, 2.75) is 25.2 Å². The monoisotopic (exact) mass is 364 g/mol. The standard InChI is InChI=1S/C20H24N6O/c1-4-19(27)24(2)11-14-5-6-15(9-14)20-18-7-8-21-26(18)13-17(23-20)16-10-22-25(3)12-16/h4,7-8,10,12-15H,1,5-6,9,11H2,2-3H3/t14-,15-/m1/s1. The lowest BCUT2D eigenvalue weighted by molar-refractivity contribution is -0.125. The molecule has 1 aliphatic rings. The largest absolute Gasteiger partial charge is 0.342 e. The normalized spacial score (nSPS) is 19.5. The van der Waals surface area contributed by atoms with E-state index in [1.54, 1.807) is 9.58 Å². The molecule has 0 spiro atoms. The number of aryl methyl sites for hydroxylation is 1. The third kappa shape index (κ3) is 3.37. The molecule has 140 valence electrons. The number of fused-ring (bicyclic) bond motifs is 1. The predicted octanol–water partition coefficient (Wildman–Crippen LogP) is 2.66. The Morgan fingerprint density at radius 2 is 2.22 bits per heavy atom.